The van der Waals surface area contributed by atoms with E-state index in [4.69, 9.17) is 4.74 Å². The van der Waals surface area contributed by atoms with Crippen molar-refractivity contribution < 1.29 is 4.74 Å². The lowest BCUT2D eigenvalue weighted by atomic mass is 10.0. The Kier molecular flexibility index (Phi) is 4.35. The first-order chi connectivity index (χ1) is 9.93. The summed E-state index contributed by atoms with van der Waals surface area (Å²) in [6, 6.07) is 9.94. The fourth-order valence-corrected chi connectivity index (χ4v) is 2.42. The molecule has 1 aromatic carbocycles. The monoisotopic (exact) mass is 273 g/mol. The highest BCUT2D eigenvalue weighted by Gasteiger charge is 2.14. The van der Waals surface area contributed by atoms with Crippen molar-refractivity contribution in [1.82, 2.24) is 25.5 Å². The Morgan fingerprint density at radius 2 is 2.00 bits per heavy atom. The van der Waals surface area contributed by atoms with Crippen molar-refractivity contribution in [2.45, 2.75) is 19.4 Å². The third-order valence-corrected chi connectivity index (χ3v) is 3.59. The number of rotatable bonds is 5. The van der Waals surface area contributed by atoms with Gasteiger partial charge in [-0.3, -0.25) is 0 Å². The van der Waals surface area contributed by atoms with Gasteiger partial charge in [0.15, 0.2) is 5.82 Å². The molecular weight excluding hydrogens is 254 g/mol. The molecule has 0 atom stereocenters. The molecule has 20 heavy (non-hydrogen) atoms. The maximum absolute atomic E-state index is 5.36. The third-order valence-electron chi connectivity index (χ3n) is 3.59. The summed E-state index contributed by atoms with van der Waals surface area (Å²) in [7, 11) is 0. The smallest absolute Gasteiger partial charge is 0.170 e. The maximum atomic E-state index is 5.36. The predicted octanol–water partition coefficient (Wildman–Crippen LogP) is 1.18. The molecule has 0 unspecified atom stereocenters. The van der Waals surface area contributed by atoms with Gasteiger partial charge in [0.25, 0.3) is 0 Å². The van der Waals surface area contributed by atoms with Crippen LogP contribution in [-0.4, -0.2) is 40.0 Å². The zero-order valence-electron chi connectivity index (χ0n) is 11.4. The van der Waals surface area contributed by atoms with Gasteiger partial charge in [0.1, 0.15) is 0 Å². The summed E-state index contributed by atoms with van der Waals surface area (Å²) in [4.78, 5) is 0. The average Bonchev–Trinajstić information content (AvgIpc) is 2.98. The zero-order chi connectivity index (χ0) is 13.6. The molecule has 0 radical (unpaired) electrons. The van der Waals surface area contributed by atoms with E-state index in [0.717, 1.165) is 44.1 Å². The van der Waals surface area contributed by atoms with Crippen LogP contribution in [0.25, 0.3) is 5.69 Å². The number of hydrogen-bond donors (Lipinski definition) is 1. The number of benzene rings is 1. The lowest BCUT2D eigenvalue weighted by molar-refractivity contribution is 0.0662. The zero-order valence-corrected chi connectivity index (χ0v) is 11.4. The summed E-state index contributed by atoms with van der Waals surface area (Å²) >= 11 is 0. The molecule has 6 heteroatoms. The molecule has 1 saturated heterocycles. The van der Waals surface area contributed by atoms with Crippen LogP contribution in [0, 0.1) is 5.92 Å². The number of tetrazole rings is 1. The van der Waals surface area contributed by atoms with Gasteiger partial charge in [-0.1, -0.05) is 18.2 Å². The van der Waals surface area contributed by atoms with E-state index in [9.17, 15) is 0 Å². The summed E-state index contributed by atoms with van der Waals surface area (Å²) in [6.07, 6.45) is 2.27. The van der Waals surface area contributed by atoms with Gasteiger partial charge in [-0.25, -0.2) is 0 Å². The second-order valence-corrected chi connectivity index (χ2v) is 5.03. The second kappa shape index (κ2) is 6.58. The fourth-order valence-electron chi connectivity index (χ4n) is 2.42. The maximum Gasteiger partial charge on any atom is 0.170 e. The summed E-state index contributed by atoms with van der Waals surface area (Å²) in [5, 5.41) is 15.4. The largest absolute Gasteiger partial charge is 0.381 e. The van der Waals surface area contributed by atoms with Crippen LogP contribution in [0.1, 0.15) is 18.7 Å². The molecule has 0 saturated carbocycles. The highest BCUT2D eigenvalue weighted by atomic mass is 16.5. The average molecular weight is 273 g/mol. The highest BCUT2D eigenvalue weighted by molar-refractivity contribution is 5.30. The van der Waals surface area contributed by atoms with Crippen molar-refractivity contribution in [2.75, 3.05) is 19.8 Å². The molecular formula is C14H19N5O. The van der Waals surface area contributed by atoms with E-state index in [2.05, 4.69) is 20.8 Å². The molecule has 3 rings (SSSR count). The van der Waals surface area contributed by atoms with Crippen molar-refractivity contribution in [3.63, 3.8) is 0 Å². The lowest BCUT2D eigenvalue weighted by Gasteiger charge is -2.22. The third kappa shape index (κ3) is 3.20. The first kappa shape index (κ1) is 13.2. The van der Waals surface area contributed by atoms with Crippen LogP contribution >= 0.6 is 0 Å². The molecule has 6 nitrogen and oxygen atoms in total. The van der Waals surface area contributed by atoms with E-state index in [-0.39, 0.29) is 0 Å². The Labute approximate surface area is 118 Å². The number of ether oxygens (including phenoxy) is 1. The van der Waals surface area contributed by atoms with Gasteiger partial charge in [0.05, 0.1) is 12.2 Å². The molecule has 0 bridgehead atoms. The molecule has 2 heterocycles. The van der Waals surface area contributed by atoms with Crippen LogP contribution in [0.3, 0.4) is 0 Å². The van der Waals surface area contributed by atoms with Gasteiger partial charge in [-0.2, -0.15) is 4.68 Å². The molecule has 1 N–H and O–H groups in total. The highest BCUT2D eigenvalue weighted by Crippen LogP contribution is 2.13. The molecule has 0 spiro atoms. The van der Waals surface area contributed by atoms with Crippen LogP contribution in [0.4, 0.5) is 0 Å². The number of para-hydroxylation sites is 1. The Hall–Kier alpha value is -1.79. The van der Waals surface area contributed by atoms with Crippen molar-refractivity contribution in [1.29, 1.82) is 0 Å². The van der Waals surface area contributed by atoms with Gasteiger partial charge in [-0.05, 0) is 47.9 Å². The van der Waals surface area contributed by atoms with Gasteiger partial charge in [0.2, 0.25) is 0 Å². The van der Waals surface area contributed by atoms with Gasteiger partial charge in [0, 0.05) is 13.2 Å². The molecule has 106 valence electrons. The van der Waals surface area contributed by atoms with Crippen molar-refractivity contribution in [2.24, 2.45) is 5.92 Å². The molecule has 2 aromatic rings. The van der Waals surface area contributed by atoms with E-state index in [0.29, 0.717) is 12.5 Å². The van der Waals surface area contributed by atoms with E-state index >= 15 is 0 Å². The summed E-state index contributed by atoms with van der Waals surface area (Å²) < 4.78 is 7.14. The van der Waals surface area contributed by atoms with E-state index in [1.807, 2.05) is 30.3 Å². The second-order valence-electron chi connectivity index (χ2n) is 5.03. The van der Waals surface area contributed by atoms with Crippen molar-refractivity contribution in [3.8, 4) is 5.69 Å². The first-order valence-electron chi connectivity index (χ1n) is 7.04. The molecule has 1 aliphatic heterocycles. The number of hydrogen-bond acceptors (Lipinski definition) is 5. The Morgan fingerprint density at radius 1 is 1.20 bits per heavy atom. The van der Waals surface area contributed by atoms with Gasteiger partial charge < -0.3 is 10.1 Å². The Bertz CT molecular complexity index is 521. The minimum absolute atomic E-state index is 0.680. The van der Waals surface area contributed by atoms with Gasteiger partial charge >= 0.3 is 0 Å². The van der Waals surface area contributed by atoms with Crippen molar-refractivity contribution >= 4 is 0 Å². The number of nitrogens with one attached hydrogen (secondary N) is 1. The Balaban J connectivity index is 1.57. The van der Waals surface area contributed by atoms with E-state index in [1.54, 1.807) is 4.68 Å². The minimum atomic E-state index is 0.680. The van der Waals surface area contributed by atoms with Crippen molar-refractivity contribution in [3.05, 3.63) is 36.2 Å². The van der Waals surface area contributed by atoms with E-state index < -0.39 is 0 Å². The summed E-state index contributed by atoms with van der Waals surface area (Å²) in [5.41, 5.74) is 0.986. The van der Waals surface area contributed by atoms with Crippen LogP contribution in [0.2, 0.25) is 0 Å². The predicted molar refractivity (Wildman–Crippen MR) is 74.4 cm³/mol. The number of nitrogens with zero attached hydrogens (tertiary/aromatic N) is 4. The van der Waals surface area contributed by atoms with Crippen LogP contribution in [0.5, 0.6) is 0 Å². The quantitative estimate of drug-likeness (QED) is 0.886. The summed E-state index contributed by atoms with van der Waals surface area (Å²) in [6.45, 7) is 3.44. The van der Waals surface area contributed by atoms with Crippen LogP contribution in [-0.2, 0) is 11.3 Å². The number of aromatic nitrogens is 4. The molecule has 1 aromatic heterocycles. The topological polar surface area (TPSA) is 64.9 Å². The molecule has 1 aliphatic rings. The van der Waals surface area contributed by atoms with Crippen LogP contribution in [0.15, 0.2) is 30.3 Å². The Morgan fingerprint density at radius 3 is 2.80 bits per heavy atom. The fraction of sp³-hybridized carbons (Fsp3) is 0.500. The van der Waals surface area contributed by atoms with E-state index in [1.165, 1.54) is 0 Å². The standard InChI is InChI=1S/C14H19N5O/c1-2-4-13(5-3-1)19-14(16-17-18-19)11-15-10-12-6-8-20-9-7-12/h1-5,12,15H,6-11H2. The molecule has 0 aliphatic carbocycles. The molecule has 0 amide bonds. The lowest BCUT2D eigenvalue weighted by Crippen LogP contribution is -2.28. The minimum Gasteiger partial charge on any atom is -0.381 e. The molecule has 1 fully saturated rings. The van der Waals surface area contributed by atoms with Crippen LogP contribution < -0.4 is 5.32 Å². The summed E-state index contributed by atoms with van der Waals surface area (Å²) in [5.74, 6) is 1.54. The van der Waals surface area contributed by atoms with Gasteiger partial charge in [-0.15, -0.1) is 5.10 Å². The SMILES string of the molecule is c1ccc(-n2nnnc2CNCC2CCOCC2)cc1. The normalized spacial score (nSPS) is 16.4. The first-order valence-corrected chi connectivity index (χ1v) is 7.04.